The van der Waals surface area contributed by atoms with E-state index in [1.165, 1.54) is 5.56 Å². The lowest BCUT2D eigenvalue weighted by molar-refractivity contribution is -0.116. The van der Waals surface area contributed by atoms with Gasteiger partial charge in [-0.2, -0.15) is 0 Å². The van der Waals surface area contributed by atoms with Crippen LogP contribution in [0, 0.1) is 0 Å². The first kappa shape index (κ1) is 32.8. The van der Waals surface area contributed by atoms with Crippen LogP contribution in [-0.4, -0.2) is 51.0 Å². The normalized spacial score (nSPS) is 11.5. The lowest BCUT2D eigenvalue weighted by Crippen LogP contribution is -2.25. The van der Waals surface area contributed by atoms with Crippen LogP contribution in [0.15, 0.2) is 42.7 Å². The second-order valence-corrected chi connectivity index (χ2v) is 9.97. The van der Waals surface area contributed by atoms with Crippen molar-refractivity contribution in [3.63, 3.8) is 0 Å². The van der Waals surface area contributed by atoms with Crippen LogP contribution in [0.5, 0.6) is 0 Å². The van der Waals surface area contributed by atoms with Crippen molar-refractivity contribution < 1.29 is 19.2 Å². The zero-order valence-electron chi connectivity index (χ0n) is 24.6. The molecule has 4 aromatic rings. The van der Waals surface area contributed by atoms with Crippen LogP contribution in [0.4, 0.5) is 11.5 Å². The average molecular weight is 562 g/mol. The number of H-pyrrole nitrogens is 1. The SMILES string of the molecule is C.CC(=O)c1cc2c3c(ccc2[nH]1)N(C(C)=O)CC3.CCc1cc(C(C)=O)n(C)c1.CNc1cc(C(C)=O)cn1C. The Morgan fingerprint density at radius 2 is 1.59 bits per heavy atom. The average Bonchev–Trinajstić information content (AvgIpc) is 3.67. The van der Waals surface area contributed by atoms with E-state index in [-0.39, 0.29) is 30.7 Å². The highest BCUT2D eigenvalue weighted by Crippen LogP contribution is 2.34. The maximum absolute atomic E-state index is 11.5. The molecular formula is C32H43N5O4. The highest BCUT2D eigenvalue weighted by molar-refractivity contribution is 6.03. The summed E-state index contributed by atoms with van der Waals surface area (Å²) in [6.07, 6.45) is 5.65. The molecule has 1 amide bonds. The zero-order valence-corrected chi connectivity index (χ0v) is 24.6. The van der Waals surface area contributed by atoms with E-state index in [4.69, 9.17) is 0 Å². The van der Waals surface area contributed by atoms with E-state index in [0.29, 0.717) is 5.69 Å². The smallest absolute Gasteiger partial charge is 0.223 e. The van der Waals surface area contributed by atoms with Gasteiger partial charge in [0.25, 0.3) is 0 Å². The van der Waals surface area contributed by atoms with Crippen molar-refractivity contribution in [1.29, 1.82) is 0 Å². The molecule has 9 nitrogen and oxygen atoms in total. The number of aryl methyl sites for hydroxylation is 3. The lowest BCUT2D eigenvalue weighted by Gasteiger charge is -2.14. The molecule has 5 rings (SSSR count). The molecule has 220 valence electrons. The fourth-order valence-electron chi connectivity index (χ4n) is 4.81. The maximum atomic E-state index is 11.5. The van der Waals surface area contributed by atoms with Crippen LogP contribution in [0.1, 0.15) is 84.5 Å². The van der Waals surface area contributed by atoms with Gasteiger partial charge in [-0.3, -0.25) is 19.2 Å². The van der Waals surface area contributed by atoms with E-state index in [1.807, 2.05) is 73.0 Å². The van der Waals surface area contributed by atoms with E-state index in [1.54, 1.807) is 32.6 Å². The molecule has 3 aromatic heterocycles. The number of nitrogens with zero attached hydrogens (tertiary/aromatic N) is 3. The monoisotopic (exact) mass is 561 g/mol. The van der Waals surface area contributed by atoms with Crippen molar-refractivity contribution in [1.82, 2.24) is 14.1 Å². The standard InChI is InChI=1S/C14H14N2O2.C9H13NO.C8H12N2O.CH4/c1-8(17)13-7-11-10-5-6-16(9(2)18)14(10)4-3-12(11)15-13;1-4-8-5-9(7(2)11)10(3)6-8;1-6(11)7-4-8(9-2)10(3)5-7;/h3-4,7,15H,5-6H2,1-2H3;5-6H,4H2,1-3H3;4-5,9H,1-3H3;1H4. The van der Waals surface area contributed by atoms with Crippen molar-refractivity contribution in [2.75, 3.05) is 23.8 Å². The van der Waals surface area contributed by atoms with E-state index in [2.05, 4.69) is 17.2 Å². The summed E-state index contributed by atoms with van der Waals surface area (Å²) in [5, 5.41) is 4.04. The summed E-state index contributed by atoms with van der Waals surface area (Å²) < 4.78 is 3.76. The van der Waals surface area contributed by atoms with Gasteiger partial charge in [-0.15, -0.1) is 0 Å². The molecule has 9 heteroatoms. The molecule has 0 aliphatic carbocycles. The molecule has 41 heavy (non-hydrogen) atoms. The summed E-state index contributed by atoms with van der Waals surface area (Å²) in [6, 6.07) is 9.55. The number of carbonyl (C=O) groups excluding carboxylic acids is 4. The van der Waals surface area contributed by atoms with Crippen LogP contribution < -0.4 is 10.2 Å². The molecule has 0 saturated carbocycles. The fraction of sp³-hybridized carbons (Fsp3) is 0.375. The van der Waals surface area contributed by atoms with Gasteiger partial charge in [0.05, 0.1) is 11.4 Å². The minimum atomic E-state index is 0. The maximum Gasteiger partial charge on any atom is 0.223 e. The highest BCUT2D eigenvalue weighted by atomic mass is 16.2. The highest BCUT2D eigenvalue weighted by Gasteiger charge is 2.24. The molecule has 0 unspecified atom stereocenters. The number of nitrogens with one attached hydrogen (secondary N) is 2. The number of benzene rings is 1. The molecule has 1 aromatic carbocycles. The van der Waals surface area contributed by atoms with Crippen molar-refractivity contribution in [2.45, 2.75) is 54.9 Å². The molecule has 0 atom stereocenters. The Morgan fingerprint density at radius 1 is 0.902 bits per heavy atom. The molecular weight excluding hydrogens is 518 g/mol. The number of fused-ring (bicyclic) bond motifs is 3. The van der Waals surface area contributed by atoms with Gasteiger partial charge in [0.2, 0.25) is 5.91 Å². The molecule has 1 aliphatic heterocycles. The Balaban J connectivity index is 0.000000224. The van der Waals surface area contributed by atoms with Crippen LogP contribution in [0.2, 0.25) is 0 Å². The molecule has 0 saturated heterocycles. The Bertz CT molecular complexity index is 1570. The summed E-state index contributed by atoms with van der Waals surface area (Å²) in [6.45, 7) is 9.09. The van der Waals surface area contributed by atoms with Crippen LogP contribution in [-0.2, 0) is 31.7 Å². The summed E-state index contributed by atoms with van der Waals surface area (Å²) >= 11 is 0. The number of hydrogen-bond acceptors (Lipinski definition) is 5. The van der Waals surface area contributed by atoms with Crippen LogP contribution >= 0.6 is 0 Å². The number of ketones is 3. The third kappa shape index (κ3) is 7.42. The fourth-order valence-corrected chi connectivity index (χ4v) is 4.81. The van der Waals surface area contributed by atoms with E-state index < -0.39 is 0 Å². The minimum Gasteiger partial charge on any atom is -0.375 e. The third-order valence-electron chi connectivity index (χ3n) is 7.02. The number of aromatic amines is 1. The van der Waals surface area contributed by atoms with Crippen molar-refractivity contribution >= 4 is 45.7 Å². The van der Waals surface area contributed by atoms with Gasteiger partial charge in [0.1, 0.15) is 5.82 Å². The zero-order chi connectivity index (χ0) is 29.7. The Morgan fingerprint density at radius 3 is 2.02 bits per heavy atom. The summed E-state index contributed by atoms with van der Waals surface area (Å²) in [7, 11) is 5.63. The summed E-state index contributed by atoms with van der Waals surface area (Å²) in [5.74, 6) is 1.28. The summed E-state index contributed by atoms with van der Waals surface area (Å²) in [5.41, 5.74) is 6.48. The van der Waals surface area contributed by atoms with Crippen LogP contribution in [0.25, 0.3) is 10.9 Å². The van der Waals surface area contributed by atoms with Gasteiger partial charge in [-0.1, -0.05) is 14.4 Å². The largest absolute Gasteiger partial charge is 0.375 e. The number of Topliss-reactive ketones (excluding diaryl/α,β-unsaturated/α-hetero) is 3. The van der Waals surface area contributed by atoms with E-state index >= 15 is 0 Å². The van der Waals surface area contributed by atoms with Gasteiger partial charge in [0, 0.05) is 83.0 Å². The number of aromatic nitrogens is 3. The molecule has 1 aliphatic rings. The number of amides is 1. The van der Waals surface area contributed by atoms with Gasteiger partial charge in [-0.05, 0) is 61.2 Å². The Hall–Kier alpha value is -4.40. The first-order valence-electron chi connectivity index (χ1n) is 13.3. The predicted octanol–water partition coefficient (Wildman–Crippen LogP) is 5.98. The first-order chi connectivity index (χ1) is 18.9. The number of rotatable bonds is 5. The second-order valence-electron chi connectivity index (χ2n) is 9.97. The van der Waals surface area contributed by atoms with Gasteiger partial charge in [0.15, 0.2) is 17.3 Å². The minimum absolute atomic E-state index is 0. The number of hydrogen-bond donors (Lipinski definition) is 2. The topological polar surface area (TPSA) is 109 Å². The third-order valence-corrected chi connectivity index (χ3v) is 7.02. The second kappa shape index (κ2) is 13.8. The van der Waals surface area contributed by atoms with E-state index in [0.717, 1.165) is 58.6 Å². The lowest BCUT2D eigenvalue weighted by atomic mass is 10.1. The molecule has 0 bridgehead atoms. The van der Waals surface area contributed by atoms with Crippen molar-refractivity contribution in [3.8, 4) is 0 Å². The molecule has 0 fully saturated rings. The number of anilines is 2. The van der Waals surface area contributed by atoms with Gasteiger partial charge >= 0.3 is 0 Å². The Kier molecular flexibility index (Phi) is 11.0. The van der Waals surface area contributed by atoms with E-state index in [9.17, 15) is 19.2 Å². The predicted molar refractivity (Wildman–Crippen MR) is 167 cm³/mol. The Labute approximate surface area is 242 Å². The number of carbonyl (C=O) groups is 4. The molecule has 0 spiro atoms. The first-order valence-corrected chi connectivity index (χ1v) is 13.3. The molecule has 0 radical (unpaired) electrons. The van der Waals surface area contributed by atoms with Crippen molar-refractivity contribution in [3.05, 3.63) is 70.8 Å². The molecule has 2 N–H and O–H groups in total. The van der Waals surface area contributed by atoms with Gasteiger partial charge in [-0.25, -0.2) is 0 Å². The van der Waals surface area contributed by atoms with Crippen LogP contribution in [0.3, 0.4) is 0 Å². The summed E-state index contributed by atoms with van der Waals surface area (Å²) in [4.78, 5) is 49.7. The quantitative estimate of drug-likeness (QED) is 0.292. The molecule has 4 heterocycles. The van der Waals surface area contributed by atoms with Crippen molar-refractivity contribution in [2.24, 2.45) is 14.1 Å². The van der Waals surface area contributed by atoms with Gasteiger partial charge < -0.3 is 24.3 Å².